The summed E-state index contributed by atoms with van der Waals surface area (Å²) in [4.78, 5) is 26.6. The van der Waals surface area contributed by atoms with E-state index in [2.05, 4.69) is 4.98 Å². The number of hydrogen-bond donors (Lipinski definition) is 1. The number of hydrogen-bond acceptors (Lipinski definition) is 3. The predicted molar refractivity (Wildman–Crippen MR) is 74.0 cm³/mol. The number of nitrogens with zero attached hydrogens (tertiary/aromatic N) is 1. The quantitative estimate of drug-likeness (QED) is 0.860. The standard InChI is InChI=1S/C13H19ClN2O3/c1-8(2)10-11(14)15-13(18)16(12(10)17)6-5-9-4-3-7-19-9/h8-9H,3-7H2,1-2H3,(H,15,18). The first-order chi connectivity index (χ1) is 9.00. The molecule has 0 aliphatic carbocycles. The van der Waals surface area contributed by atoms with Crippen molar-refractivity contribution in [3.63, 3.8) is 0 Å². The number of H-pyrrole nitrogens is 1. The molecule has 2 rings (SSSR count). The highest BCUT2D eigenvalue weighted by Gasteiger charge is 2.19. The molecule has 2 heterocycles. The molecule has 19 heavy (non-hydrogen) atoms. The van der Waals surface area contributed by atoms with Crippen LogP contribution in [0.25, 0.3) is 0 Å². The lowest BCUT2D eigenvalue weighted by atomic mass is 10.1. The van der Waals surface area contributed by atoms with Crippen LogP contribution in [0.15, 0.2) is 9.59 Å². The third-order valence-corrected chi connectivity index (χ3v) is 3.75. The van der Waals surface area contributed by atoms with Crippen molar-refractivity contribution in [1.29, 1.82) is 0 Å². The van der Waals surface area contributed by atoms with E-state index in [1.165, 1.54) is 4.57 Å². The smallest absolute Gasteiger partial charge is 0.329 e. The van der Waals surface area contributed by atoms with Crippen LogP contribution in [0.2, 0.25) is 5.15 Å². The van der Waals surface area contributed by atoms with Crippen LogP contribution < -0.4 is 11.2 Å². The summed E-state index contributed by atoms with van der Waals surface area (Å²) in [6.45, 7) is 4.90. The maximum atomic E-state index is 12.3. The fraction of sp³-hybridized carbons (Fsp3) is 0.692. The second-order valence-corrected chi connectivity index (χ2v) is 5.57. The molecule has 0 amide bonds. The molecular formula is C13H19ClN2O3. The van der Waals surface area contributed by atoms with Crippen LogP contribution in [0.4, 0.5) is 0 Å². The first kappa shape index (κ1) is 14.3. The van der Waals surface area contributed by atoms with Crippen LogP contribution in [0.5, 0.6) is 0 Å². The summed E-state index contributed by atoms with van der Waals surface area (Å²) < 4.78 is 6.73. The first-order valence-corrected chi connectivity index (χ1v) is 7.02. The summed E-state index contributed by atoms with van der Waals surface area (Å²) >= 11 is 5.94. The molecule has 1 N–H and O–H groups in total. The van der Waals surface area contributed by atoms with Crippen LogP contribution in [0, 0.1) is 0 Å². The third kappa shape index (κ3) is 3.09. The van der Waals surface area contributed by atoms with Gasteiger partial charge in [-0.2, -0.15) is 0 Å². The summed E-state index contributed by atoms with van der Waals surface area (Å²) in [6.07, 6.45) is 2.89. The van der Waals surface area contributed by atoms with Gasteiger partial charge in [-0.25, -0.2) is 4.79 Å². The van der Waals surface area contributed by atoms with Gasteiger partial charge in [-0.3, -0.25) is 14.3 Å². The lowest BCUT2D eigenvalue weighted by Crippen LogP contribution is -2.38. The zero-order chi connectivity index (χ0) is 14.0. The van der Waals surface area contributed by atoms with Crippen LogP contribution in [0.1, 0.15) is 44.6 Å². The topological polar surface area (TPSA) is 64.1 Å². The Morgan fingerprint density at radius 1 is 1.47 bits per heavy atom. The Balaban J connectivity index is 2.26. The Morgan fingerprint density at radius 2 is 2.21 bits per heavy atom. The zero-order valence-corrected chi connectivity index (χ0v) is 12.0. The summed E-state index contributed by atoms with van der Waals surface area (Å²) in [6, 6.07) is 0. The summed E-state index contributed by atoms with van der Waals surface area (Å²) in [5.41, 5.74) is -0.271. The normalized spacial score (nSPS) is 19.3. The van der Waals surface area contributed by atoms with E-state index in [9.17, 15) is 9.59 Å². The molecule has 1 aliphatic rings. The summed E-state index contributed by atoms with van der Waals surface area (Å²) in [5, 5.41) is 0.151. The third-order valence-electron chi connectivity index (χ3n) is 3.45. The minimum absolute atomic E-state index is 0.0224. The number of rotatable bonds is 4. The molecule has 0 spiro atoms. The van der Waals surface area contributed by atoms with Gasteiger partial charge in [-0.15, -0.1) is 0 Å². The van der Waals surface area contributed by atoms with Crippen LogP contribution in [0.3, 0.4) is 0 Å². The second kappa shape index (κ2) is 5.92. The molecule has 5 nitrogen and oxygen atoms in total. The largest absolute Gasteiger partial charge is 0.378 e. The highest BCUT2D eigenvalue weighted by molar-refractivity contribution is 6.30. The fourth-order valence-electron chi connectivity index (χ4n) is 2.41. The van der Waals surface area contributed by atoms with E-state index in [-0.39, 0.29) is 22.7 Å². The van der Waals surface area contributed by atoms with Crippen molar-refractivity contribution >= 4 is 11.6 Å². The van der Waals surface area contributed by atoms with Gasteiger partial charge in [0.1, 0.15) is 5.15 Å². The fourth-order valence-corrected chi connectivity index (χ4v) is 2.79. The molecule has 0 radical (unpaired) electrons. The molecular weight excluding hydrogens is 268 g/mol. The van der Waals surface area contributed by atoms with Crippen LogP contribution in [-0.4, -0.2) is 22.3 Å². The van der Waals surface area contributed by atoms with Gasteiger partial charge in [0, 0.05) is 13.2 Å². The molecule has 1 fully saturated rings. The number of halogens is 1. The molecule has 0 saturated carbocycles. The van der Waals surface area contributed by atoms with E-state index in [0.29, 0.717) is 18.5 Å². The highest BCUT2D eigenvalue weighted by Crippen LogP contribution is 2.18. The molecule has 1 aromatic rings. The van der Waals surface area contributed by atoms with Gasteiger partial charge in [0.15, 0.2) is 0 Å². The Labute approximate surface area is 116 Å². The van der Waals surface area contributed by atoms with Crippen molar-refractivity contribution < 1.29 is 4.74 Å². The zero-order valence-electron chi connectivity index (χ0n) is 11.2. The molecule has 1 aromatic heterocycles. The van der Waals surface area contributed by atoms with Crippen molar-refractivity contribution in [2.24, 2.45) is 0 Å². The van der Waals surface area contributed by atoms with Crippen LogP contribution in [-0.2, 0) is 11.3 Å². The van der Waals surface area contributed by atoms with Gasteiger partial charge in [-0.1, -0.05) is 25.4 Å². The van der Waals surface area contributed by atoms with Gasteiger partial charge in [0.25, 0.3) is 5.56 Å². The molecule has 0 bridgehead atoms. The Kier molecular flexibility index (Phi) is 4.47. The molecule has 1 atom stereocenters. The van der Waals surface area contributed by atoms with Gasteiger partial charge in [0.05, 0.1) is 11.7 Å². The van der Waals surface area contributed by atoms with Gasteiger partial charge >= 0.3 is 5.69 Å². The number of ether oxygens (including phenoxy) is 1. The number of nitrogens with one attached hydrogen (secondary N) is 1. The van der Waals surface area contributed by atoms with Crippen LogP contribution >= 0.6 is 11.6 Å². The van der Waals surface area contributed by atoms with E-state index < -0.39 is 5.69 Å². The Morgan fingerprint density at radius 3 is 2.79 bits per heavy atom. The van der Waals surface area contributed by atoms with Crippen molar-refractivity contribution in [3.8, 4) is 0 Å². The first-order valence-electron chi connectivity index (χ1n) is 6.64. The van der Waals surface area contributed by atoms with Crippen molar-refractivity contribution in [3.05, 3.63) is 31.6 Å². The maximum Gasteiger partial charge on any atom is 0.329 e. The summed E-state index contributed by atoms with van der Waals surface area (Å²) in [5.74, 6) is -0.0224. The van der Waals surface area contributed by atoms with Gasteiger partial charge < -0.3 is 4.74 Å². The minimum Gasteiger partial charge on any atom is -0.378 e. The van der Waals surface area contributed by atoms with Crippen molar-refractivity contribution in [2.75, 3.05) is 6.61 Å². The van der Waals surface area contributed by atoms with Gasteiger partial charge in [0.2, 0.25) is 0 Å². The number of aromatic amines is 1. The lowest BCUT2D eigenvalue weighted by Gasteiger charge is -2.13. The highest BCUT2D eigenvalue weighted by atomic mass is 35.5. The Bertz CT molecular complexity index is 556. The average Bonchev–Trinajstić information content (AvgIpc) is 2.80. The minimum atomic E-state index is -0.447. The predicted octanol–water partition coefficient (Wildman–Crippen LogP) is 1.88. The van der Waals surface area contributed by atoms with Crippen molar-refractivity contribution in [2.45, 2.75) is 51.7 Å². The number of aromatic nitrogens is 2. The lowest BCUT2D eigenvalue weighted by molar-refractivity contribution is 0.0997. The van der Waals surface area contributed by atoms with E-state index in [4.69, 9.17) is 16.3 Å². The maximum absolute atomic E-state index is 12.3. The van der Waals surface area contributed by atoms with E-state index in [1.807, 2.05) is 13.8 Å². The monoisotopic (exact) mass is 286 g/mol. The average molecular weight is 287 g/mol. The molecule has 1 unspecified atom stereocenters. The van der Waals surface area contributed by atoms with Gasteiger partial charge in [-0.05, 0) is 25.2 Å². The van der Waals surface area contributed by atoms with Crippen molar-refractivity contribution in [1.82, 2.24) is 9.55 Å². The van der Waals surface area contributed by atoms with E-state index in [0.717, 1.165) is 19.4 Å². The molecule has 1 aliphatic heterocycles. The summed E-state index contributed by atoms with van der Waals surface area (Å²) in [7, 11) is 0. The SMILES string of the molecule is CC(C)c1c(Cl)[nH]c(=O)n(CCC2CCCO2)c1=O. The van der Waals surface area contributed by atoms with E-state index >= 15 is 0 Å². The Hall–Kier alpha value is -1.07. The molecule has 6 heteroatoms. The second-order valence-electron chi connectivity index (χ2n) is 5.19. The molecule has 1 saturated heterocycles. The molecule has 0 aromatic carbocycles. The van der Waals surface area contributed by atoms with E-state index in [1.54, 1.807) is 0 Å². The molecule has 106 valence electrons.